The molecule has 0 saturated carbocycles. The topological polar surface area (TPSA) is 99.6 Å². The van der Waals surface area contributed by atoms with Crippen LogP contribution in [0, 0.1) is 11.3 Å². The fourth-order valence-electron chi connectivity index (χ4n) is 3.59. The fraction of sp³-hybridized carbons (Fsp3) is 0.111. The van der Waals surface area contributed by atoms with Crippen LogP contribution in [0.15, 0.2) is 53.9 Å². The zero-order valence-corrected chi connectivity index (χ0v) is 12.8. The summed E-state index contributed by atoms with van der Waals surface area (Å²) in [6.45, 7) is 0. The molecule has 2 aliphatic rings. The first-order valence-corrected chi connectivity index (χ1v) is 7.31. The second-order valence-corrected chi connectivity index (χ2v) is 5.76. The number of carbonyl (C=O) groups excluding carboxylic acids is 1. The number of rotatable bonds is 0. The molecule has 0 aliphatic carbocycles. The minimum Gasteiger partial charge on any atom is -0.508 e. The molecule has 0 aromatic heterocycles. The Hall–Kier alpha value is -3.46. The summed E-state index contributed by atoms with van der Waals surface area (Å²) in [5.41, 5.74) is 6.54. The Morgan fingerprint density at radius 3 is 2.75 bits per heavy atom. The zero-order valence-electron chi connectivity index (χ0n) is 12.8. The molecule has 2 aromatic rings. The molecule has 6 heteroatoms. The predicted molar refractivity (Wildman–Crippen MR) is 86.2 cm³/mol. The van der Waals surface area contributed by atoms with Crippen LogP contribution in [0.3, 0.4) is 0 Å². The van der Waals surface area contributed by atoms with Crippen molar-refractivity contribution in [2.24, 2.45) is 5.73 Å². The maximum atomic E-state index is 13.3. The van der Waals surface area contributed by atoms with Crippen molar-refractivity contribution in [1.82, 2.24) is 0 Å². The van der Waals surface area contributed by atoms with Crippen LogP contribution >= 0.6 is 0 Å². The molecule has 1 amide bonds. The Bertz CT molecular complexity index is 974. The number of anilines is 1. The SMILES string of the molecule is CN1C(=O)[C@@]2(C(C#N)=C(N)Oc3cc(O)ccc32)c2ccccc21. The number of benzene rings is 2. The van der Waals surface area contributed by atoms with Crippen molar-refractivity contribution in [3.05, 3.63) is 65.0 Å². The number of amides is 1. The molecule has 0 unspecified atom stereocenters. The number of likely N-dealkylation sites (N-methyl/N-ethyl adjacent to an activating group) is 1. The van der Waals surface area contributed by atoms with Crippen LogP contribution in [0.1, 0.15) is 11.1 Å². The van der Waals surface area contributed by atoms with Crippen molar-refractivity contribution in [2.45, 2.75) is 5.41 Å². The average molecular weight is 319 g/mol. The number of hydrogen-bond acceptors (Lipinski definition) is 5. The summed E-state index contributed by atoms with van der Waals surface area (Å²) in [6, 6.07) is 13.8. The molecule has 118 valence electrons. The van der Waals surface area contributed by atoms with Gasteiger partial charge < -0.3 is 20.5 Å². The van der Waals surface area contributed by atoms with Crippen molar-refractivity contribution in [2.75, 3.05) is 11.9 Å². The molecule has 0 bridgehead atoms. The number of hydrogen-bond donors (Lipinski definition) is 2. The lowest BCUT2D eigenvalue weighted by Gasteiger charge is -2.34. The third-order valence-corrected chi connectivity index (χ3v) is 4.62. The summed E-state index contributed by atoms with van der Waals surface area (Å²) in [5.74, 6) is -0.151. The first-order chi connectivity index (χ1) is 11.5. The van der Waals surface area contributed by atoms with E-state index >= 15 is 0 Å². The lowest BCUT2D eigenvalue weighted by atomic mass is 9.69. The molecule has 2 aliphatic heterocycles. The molecule has 24 heavy (non-hydrogen) atoms. The molecule has 2 heterocycles. The normalized spacial score (nSPS) is 21.3. The van der Waals surface area contributed by atoms with Gasteiger partial charge in [-0.3, -0.25) is 4.79 Å². The van der Waals surface area contributed by atoms with E-state index in [1.165, 1.54) is 17.0 Å². The van der Waals surface area contributed by atoms with Crippen molar-refractivity contribution < 1.29 is 14.6 Å². The van der Waals surface area contributed by atoms with Crippen molar-refractivity contribution >= 4 is 11.6 Å². The smallest absolute Gasteiger partial charge is 0.247 e. The number of fused-ring (bicyclic) bond motifs is 4. The molecule has 0 saturated heterocycles. The van der Waals surface area contributed by atoms with Gasteiger partial charge in [-0.2, -0.15) is 5.26 Å². The number of para-hydroxylation sites is 1. The highest BCUT2D eigenvalue weighted by molar-refractivity contribution is 6.13. The first-order valence-electron chi connectivity index (χ1n) is 7.31. The van der Waals surface area contributed by atoms with Crippen LogP contribution in [0.4, 0.5) is 5.69 Å². The molecule has 4 rings (SSSR count). The summed E-state index contributed by atoms with van der Waals surface area (Å²) in [5, 5.41) is 19.5. The second-order valence-electron chi connectivity index (χ2n) is 5.76. The van der Waals surface area contributed by atoms with Crippen LogP contribution in [-0.2, 0) is 10.2 Å². The van der Waals surface area contributed by atoms with Gasteiger partial charge in [-0.1, -0.05) is 18.2 Å². The number of phenols is 1. The van der Waals surface area contributed by atoms with Crippen molar-refractivity contribution in [3.8, 4) is 17.6 Å². The van der Waals surface area contributed by atoms with Gasteiger partial charge in [-0.15, -0.1) is 0 Å². The highest BCUT2D eigenvalue weighted by Gasteiger charge is 2.58. The standard InChI is InChI=1S/C18H13N3O3/c1-21-14-5-3-2-4-11(14)18(17(21)23)12-7-6-10(22)8-15(12)24-16(20)13(18)9-19/h2-8,22H,20H2,1H3/t18-/m0/s1. The van der Waals surface area contributed by atoms with E-state index in [1.54, 1.807) is 13.1 Å². The average Bonchev–Trinajstić information content (AvgIpc) is 2.78. The van der Waals surface area contributed by atoms with Crippen LogP contribution in [-0.4, -0.2) is 18.1 Å². The Morgan fingerprint density at radius 1 is 1.25 bits per heavy atom. The van der Waals surface area contributed by atoms with Gasteiger partial charge in [-0.25, -0.2) is 0 Å². The first kappa shape index (κ1) is 14.2. The molecular weight excluding hydrogens is 306 g/mol. The van der Waals surface area contributed by atoms with Gasteiger partial charge in [0, 0.05) is 29.9 Å². The monoisotopic (exact) mass is 319 g/mol. The Kier molecular flexibility index (Phi) is 2.67. The number of nitrogens with two attached hydrogens (primary N) is 1. The van der Waals surface area contributed by atoms with E-state index in [1.807, 2.05) is 24.3 Å². The van der Waals surface area contributed by atoms with Crippen LogP contribution in [0.25, 0.3) is 0 Å². The van der Waals surface area contributed by atoms with Gasteiger partial charge >= 0.3 is 0 Å². The summed E-state index contributed by atoms with van der Waals surface area (Å²) >= 11 is 0. The Balaban J connectivity index is 2.17. The molecular formula is C18H13N3O3. The summed E-state index contributed by atoms with van der Waals surface area (Å²) in [4.78, 5) is 14.8. The minimum absolute atomic E-state index is 0.0100. The van der Waals surface area contributed by atoms with E-state index in [0.717, 1.165) is 0 Å². The number of nitrogens with zero attached hydrogens (tertiary/aromatic N) is 2. The largest absolute Gasteiger partial charge is 0.508 e. The van der Waals surface area contributed by atoms with E-state index in [0.29, 0.717) is 16.8 Å². The summed E-state index contributed by atoms with van der Waals surface area (Å²) < 4.78 is 5.51. The van der Waals surface area contributed by atoms with Gasteiger partial charge in [0.25, 0.3) is 0 Å². The molecule has 1 atom stereocenters. The highest BCUT2D eigenvalue weighted by Crippen LogP contribution is 2.55. The molecule has 3 N–H and O–H groups in total. The lowest BCUT2D eigenvalue weighted by Crippen LogP contribution is -2.44. The molecule has 0 fully saturated rings. The molecule has 0 radical (unpaired) electrons. The fourth-order valence-corrected chi connectivity index (χ4v) is 3.59. The van der Waals surface area contributed by atoms with Gasteiger partial charge in [0.15, 0.2) is 0 Å². The molecule has 2 aromatic carbocycles. The predicted octanol–water partition coefficient (Wildman–Crippen LogP) is 1.74. The third kappa shape index (κ3) is 1.46. The number of aromatic hydroxyl groups is 1. The summed E-state index contributed by atoms with van der Waals surface area (Å²) in [7, 11) is 1.66. The Labute approximate surface area is 138 Å². The minimum atomic E-state index is -1.36. The number of carbonyl (C=O) groups is 1. The van der Waals surface area contributed by atoms with Crippen molar-refractivity contribution in [3.63, 3.8) is 0 Å². The lowest BCUT2D eigenvalue weighted by molar-refractivity contribution is -0.120. The van der Waals surface area contributed by atoms with Gasteiger partial charge in [0.05, 0.1) is 0 Å². The summed E-state index contributed by atoms with van der Waals surface area (Å²) in [6.07, 6.45) is 0. The van der Waals surface area contributed by atoms with E-state index < -0.39 is 5.41 Å². The van der Waals surface area contributed by atoms with Gasteiger partial charge in [0.2, 0.25) is 11.8 Å². The van der Waals surface area contributed by atoms with Crippen LogP contribution in [0.2, 0.25) is 0 Å². The molecule has 1 spiro atoms. The second kappa shape index (κ2) is 4.52. The zero-order chi connectivity index (χ0) is 17.1. The van der Waals surface area contributed by atoms with Crippen molar-refractivity contribution in [1.29, 1.82) is 5.26 Å². The quantitative estimate of drug-likeness (QED) is 0.770. The van der Waals surface area contributed by atoms with E-state index in [4.69, 9.17) is 10.5 Å². The third-order valence-electron chi connectivity index (χ3n) is 4.62. The number of ether oxygens (including phenoxy) is 1. The number of phenolic OH excluding ortho intramolecular Hbond substituents is 1. The maximum absolute atomic E-state index is 13.3. The van der Waals surface area contributed by atoms with Gasteiger partial charge in [-0.05, 0) is 18.2 Å². The Morgan fingerprint density at radius 2 is 2.00 bits per heavy atom. The molecule has 6 nitrogen and oxygen atoms in total. The van der Waals surface area contributed by atoms with E-state index in [2.05, 4.69) is 6.07 Å². The number of nitriles is 1. The van der Waals surface area contributed by atoms with Crippen LogP contribution in [0.5, 0.6) is 11.5 Å². The van der Waals surface area contributed by atoms with Crippen LogP contribution < -0.4 is 15.4 Å². The van der Waals surface area contributed by atoms with Gasteiger partial charge in [0.1, 0.15) is 28.6 Å². The van der Waals surface area contributed by atoms with E-state index in [-0.39, 0.29) is 28.9 Å². The maximum Gasteiger partial charge on any atom is 0.247 e. The highest BCUT2D eigenvalue weighted by atomic mass is 16.5. The van der Waals surface area contributed by atoms with E-state index in [9.17, 15) is 15.2 Å².